The maximum Gasteiger partial charge on any atom is 0.173 e. The van der Waals surface area contributed by atoms with Gasteiger partial charge >= 0.3 is 0 Å². The Labute approximate surface area is 141 Å². The molecule has 0 radical (unpaired) electrons. The maximum atomic E-state index is 5.62. The minimum atomic E-state index is 0.803. The molecule has 0 aliphatic carbocycles. The minimum Gasteiger partial charge on any atom is -0.495 e. The third-order valence-corrected chi connectivity index (χ3v) is 4.06. The molecule has 0 bridgehead atoms. The van der Waals surface area contributed by atoms with Gasteiger partial charge in [0.2, 0.25) is 0 Å². The highest BCUT2D eigenvalue weighted by molar-refractivity contribution is 7.80. The van der Waals surface area contributed by atoms with Crippen LogP contribution < -0.4 is 10.1 Å². The van der Waals surface area contributed by atoms with E-state index >= 15 is 0 Å². The minimum absolute atomic E-state index is 0.803. The van der Waals surface area contributed by atoms with E-state index in [0.717, 1.165) is 29.6 Å². The van der Waals surface area contributed by atoms with Gasteiger partial charge in [-0.2, -0.15) is 0 Å². The Morgan fingerprint density at radius 1 is 1.05 bits per heavy atom. The number of anilines is 1. The molecule has 0 aliphatic heterocycles. The number of ether oxygens (including phenoxy) is 1. The highest BCUT2D eigenvalue weighted by Crippen LogP contribution is 2.23. The van der Waals surface area contributed by atoms with Crippen LogP contribution in [0, 0.1) is 0 Å². The molecule has 22 heavy (non-hydrogen) atoms. The van der Waals surface area contributed by atoms with E-state index in [1.54, 1.807) is 7.11 Å². The van der Waals surface area contributed by atoms with Crippen LogP contribution >= 0.6 is 12.2 Å². The standard InChI is InChI=1S/C18H30N2OS/c1-4-6-10-14-20(15-11-7-5-2)18(22)19-16-12-8-9-13-17(16)21-3/h8-9,12-13H,4-7,10-11,14-15H2,1-3H3,(H,19,22). The SMILES string of the molecule is CCCCCN(CCCCC)C(=S)Nc1ccccc1OC. The summed E-state index contributed by atoms with van der Waals surface area (Å²) in [4.78, 5) is 2.30. The normalized spacial score (nSPS) is 10.3. The second-order valence-corrected chi connectivity index (χ2v) is 5.92. The van der Waals surface area contributed by atoms with Gasteiger partial charge in [-0.25, -0.2) is 0 Å². The Morgan fingerprint density at radius 3 is 2.18 bits per heavy atom. The van der Waals surface area contributed by atoms with Gasteiger partial charge in [-0.1, -0.05) is 51.7 Å². The Balaban J connectivity index is 2.64. The third kappa shape index (κ3) is 6.65. The lowest BCUT2D eigenvalue weighted by Gasteiger charge is -2.26. The number of thiocarbonyl (C=S) groups is 1. The average Bonchev–Trinajstić information content (AvgIpc) is 2.54. The van der Waals surface area contributed by atoms with Crippen molar-refractivity contribution in [3.05, 3.63) is 24.3 Å². The molecule has 1 rings (SSSR count). The van der Waals surface area contributed by atoms with Crippen molar-refractivity contribution in [3.63, 3.8) is 0 Å². The fraction of sp³-hybridized carbons (Fsp3) is 0.611. The summed E-state index contributed by atoms with van der Waals surface area (Å²) in [5.41, 5.74) is 0.936. The zero-order chi connectivity index (χ0) is 16.2. The molecular formula is C18H30N2OS. The first kappa shape index (κ1) is 18.8. The average molecular weight is 323 g/mol. The summed E-state index contributed by atoms with van der Waals surface area (Å²) in [6.45, 7) is 6.51. The molecule has 1 aromatic rings. The zero-order valence-corrected chi connectivity index (χ0v) is 15.0. The van der Waals surface area contributed by atoms with Crippen LogP contribution in [0.15, 0.2) is 24.3 Å². The van der Waals surface area contributed by atoms with Crippen molar-refractivity contribution >= 4 is 23.0 Å². The van der Waals surface area contributed by atoms with Crippen molar-refractivity contribution in [2.24, 2.45) is 0 Å². The number of benzene rings is 1. The number of unbranched alkanes of at least 4 members (excludes halogenated alkanes) is 4. The predicted molar refractivity (Wildman–Crippen MR) is 99.8 cm³/mol. The largest absolute Gasteiger partial charge is 0.495 e. The number of nitrogens with zero attached hydrogens (tertiary/aromatic N) is 1. The van der Waals surface area contributed by atoms with Crippen molar-refractivity contribution < 1.29 is 4.74 Å². The molecule has 0 fully saturated rings. The number of hydrogen-bond acceptors (Lipinski definition) is 2. The number of para-hydroxylation sites is 2. The highest BCUT2D eigenvalue weighted by atomic mass is 32.1. The van der Waals surface area contributed by atoms with E-state index in [0.29, 0.717) is 0 Å². The lowest BCUT2D eigenvalue weighted by Crippen LogP contribution is -2.36. The van der Waals surface area contributed by atoms with Crippen molar-refractivity contribution in [1.29, 1.82) is 0 Å². The van der Waals surface area contributed by atoms with Crippen LogP contribution in [0.3, 0.4) is 0 Å². The second kappa shape index (κ2) is 11.3. The van der Waals surface area contributed by atoms with Crippen molar-refractivity contribution in [2.75, 3.05) is 25.5 Å². The molecule has 0 saturated heterocycles. The molecule has 1 aromatic carbocycles. The van der Waals surface area contributed by atoms with Crippen LogP contribution in [-0.2, 0) is 0 Å². The first-order valence-electron chi connectivity index (χ1n) is 8.41. The van der Waals surface area contributed by atoms with Crippen LogP contribution in [-0.4, -0.2) is 30.2 Å². The predicted octanol–water partition coefficient (Wildman–Crippen LogP) is 5.07. The first-order valence-corrected chi connectivity index (χ1v) is 8.82. The summed E-state index contributed by atoms with van der Waals surface area (Å²) in [5, 5.41) is 4.15. The molecule has 0 heterocycles. The molecule has 4 heteroatoms. The van der Waals surface area contributed by atoms with Gasteiger partial charge in [0.25, 0.3) is 0 Å². The van der Waals surface area contributed by atoms with E-state index < -0.39 is 0 Å². The molecule has 0 spiro atoms. The topological polar surface area (TPSA) is 24.5 Å². The van der Waals surface area contributed by atoms with E-state index in [2.05, 4.69) is 24.1 Å². The van der Waals surface area contributed by atoms with Gasteiger partial charge in [-0.3, -0.25) is 0 Å². The molecule has 0 unspecified atom stereocenters. The van der Waals surface area contributed by atoms with Crippen molar-refractivity contribution in [2.45, 2.75) is 52.4 Å². The molecule has 124 valence electrons. The van der Waals surface area contributed by atoms with Gasteiger partial charge < -0.3 is 15.0 Å². The lowest BCUT2D eigenvalue weighted by atomic mass is 10.2. The molecule has 3 nitrogen and oxygen atoms in total. The smallest absolute Gasteiger partial charge is 0.173 e. The summed E-state index contributed by atoms with van der Waals surface area (Å²) in [5.74, 6) is 0.826. The summed E-state index contributed by atoms with van der Waals surface area (Å²) in [6.07, 6.45) is 7.35. The van der Waals surface area contributed by atoms with Gasteiger partial charge in [0.15, 0.2) is 5.11 Å². The van der Waals surface area contributed by atoms with Crippen LogP contribution in [0.5, 0.6) is 5.75 Å². The number of hydrogen-bond donors (Lipinski definition) is 1. The zero-order valence-electron chi connectivity index (χ0n) is 14.2. The van der Waals surface area contributed by atoms with E-state index in [9.17, 15) is 0 Å². The van der Waals surface area contributed by atoms with Crippen LogP contribution in [0.2, 0.25) is 0 Å². The molecular weight excluding hydrogens is 292 g/mol. The summed E-state index contributed by atoms with van der Waals surface area (Å²) < 4.78 is 5.38. The number of nitrogens with one attached hydrogen (secondary N) is 1. The Kier molecular flexibility index (Phi) is 9.64. The van der Waals surface area contributed by atoms with Gasteiger partial charge in [0, 0.05) is 13.1 Å². The fourth-order valence-electron chi connectivity index (χ4n) is 2.36. The Bertz CT molecular complexity index is 427. The summed E-state index contributed by atoms with van der Waals surface area (Å²) in [6, 6.07) is 7.91. The maximum absolute atomic E-state index is 5.62. The quantitative estimate of drug-likeness (QED) is 0.480. The van der Waals surface area contributed by atoms with E-state index in [4.69, 9.17) is 17.0 Å². The molecule has 0 saturated carbocycles. The molecule has 0 aliphatic rings. The second-order valence-electron chi connectivity index (χ2n) is 5.53. The van der Waals surface area contributed by atoms with Gasteiger partial charge in [0.05, 0.1) is 12.8 Å². The van der Waals surface area contributed by atoms with Gasteiger partial charge in [-0.15, -0.1) is 0 Å². The molecule has 0 atom stereocenters. The van der Waals surface area contributed by atoms with Crippen LogP contribution in [0.25, 0.3) is 0 Å². The van der Waals surface area contributed by atoms with E-state index in [-0.39, 0.29) is 0 Å². The third-order valence-electron chi connectivity index (χ3n) is 3.70. The van der Waals surface area contributed by atoms with Crippen LogP contribution in [0.1, 0.15) is 52.4 Å². The first-order chi connectivity index (χ1) is 10.7. The van der Waals surface area contributed by atoms with Gasteiger partial charge in [-0.05, 0) is 37.2 Å². The van der Waals surface area contributed by atoms with Gasteiger partial charge in [0.1, 0.15) is 5.75 Å². The van der Waals surface area contributed by atoms with E-state index in [1.807, 2.05) is 24.3 Å². The fourth-order valence-corrected chi connectivity index (χ4v) is 2.65. The lowest BCUT2D eigenvalue weighted by molar-refractivity contribution is 0.394. The number of rotatable bonds is 10. The number of methoxy groups -OCH3 is 1. The summed E-state index contributed by atoms with van der Waals surface area (Å²) >= 11 is 5.62. The monoisotopic (exact) mass is 322 g/mol. The van der Waals surface area contributed by atoms with Crippen molar-refractivity contribution in [3.8, 4) is 5.75 Å². The van der Waals surface area contributed by atoms with Crippen LogP contribution in [0.4, 0.5) is 5.69 Å². The molecule has 0 aromatic heterocycles. The Hall–Kier alpha value is -1.29. The van der Waals surface area contributed by atoms with E-state index in [1.165, 1.54) is 38.5 Å². The highest BCUT2D eigenvalue weighted by Gasteiger charge is 2.11. The molecule has 1 N–H and O–H groups in total. The van der Waals surface area contributed by atoms with Crippen molar-refractivity contribution in [1.82, 2.24) is 4.90 Å². The Morgan fingerprint density at radius 2 is 1.64 bits per heavy atom. The summed E-state index contributed by atoms with van der Waals surface area (Å²) in [7, 11) is 1.68. The molecule has 0 amide bonds.